The van der Waals surface area contributed by atoms with Crippen LogP contribution in [-0.4, -0.2) is 28.1 Å². The van der Waals surface area contributed by atoms with E-state index in [1.54, 1.807) is 13.8 Å². The molecule has 0 bridgehead atoms. The molecule has 0 fully saturated rings. The minimum atomic E-state index is -1.06. The number of carbonyl (C=O) groups excluding carboxylic acids is 2. The van der Waals surface area contributed by atoms with Crippen LogP contribution in [0.25, 0.3) is 0 Å². The van der Waals surface area contributed by atoms with Crippen molar-refractivity contribution in [2.24, 2.45) is 0 Å². The average molecular weight is 462 g/mol. The van der Waals surface area contributed by atoms with Crippen molar-refractivity contribution in [2.75, 3.05) is 7.11 Å². The lowest BCUT2D eigenvalue weighted by Crippen LogP contribution is -2.51. The number of hydrogen-bond donors (Lipinski definition) is 1. The summed E-state index contributed by atoms with van der Waals surface area (Å²) in [5.41, 5.74) is -0.819. The second-order valence-corrected chi connectivity index (χ2v) is 8.59. The number of Topliss-reactive ketones (excluding diaryl/α,β-unsaturated/α-hetero) is 1. The zero-order chi connectivity index (χ0) is 16.4. The van der Waals surface area contributed by atoms with Gasteiger partial charge in [-0.25, -0.2) is 0 Å². The van der Waals surface area contributed by atoms with Crippen LogP contribution in [0.4, 0.5) is 0 Å². The molecule has 8 heteroatoms. The molecule has 1 amide bonds. The molecule has 21 heavy (non-hydrogen) atoms. The Bertz CT molecular complexity index is 554. The molecule has 0 radical (unpaired) electrons. The molecule has 0 aliphatic rings. The first-order valence-electron chi connectivity index (χ1n) is 5.78. The number of carbonyl (C=O) groups is 2. The number of methoxy groups -OCH3 is 1. The molecule has 0 heterocycles. The molecule has 0 aliphatic carbocycles. The predicted octanol–water partition coefficient (Wildman–Crippen LogP) is 4.20. The van der Waals surface area contributed by atoms with E-state index in [4.69, 9.17) is 27.9 Å². The van der Waals surface area contributed by atoms with E-state index in [0.717, 1.165) is 0 Å². The van der Waals surface area contributed by atoms with Crippen LogP contribution in [0.2, 0.25) is 10.0 Å². The second-order valence-electron chi connectivity index (χ2n) is 4.72. The lowest BCUT2D eigenvalue weighted by atomic mass is 9.99. The van der Waals surface area contributed by atoms with Crippen molar-refractivity contribution in [3.63, 3.8) is 0 Å². The predicted molar refractivity (Wildman–Crippen MR) is 91.2 cm³/mol. The smallest absolute Gasteiger partial charge is 0.252 e. The Hall–Kier alpha value is -0.300. The van der Waals surface area contributed by atoms with Crippen molar-refractivity contribution in [2.45, 2.75) is 23.1 Å². The van der Waals surface area contributed by atoms with E-state index in [1.807, 2.05) is 0 Å². The number of alkyl halides is 2. The van der Waals surface area contributed by atoms with Crippen LogP contribution in [0.3, 0.4) is 0 Å². The zero-order valence-electron chi connectivity index (χ0n) is 11.5. The molecule has 0 aliphatic heterocycles. The minimum Gasteiger partial charge on any atom is -0.494 e. The molecule has 0 unspecified atom stereocenters. The number of hydrogen-bond acceptors (Lipinski definition) is 3. The van der Waals surface area contributed by atoms with Crippen LogP contribution >= 0.6 is 55.1 Å². The third-order valence-corrected chi connectivity index (χ3v) is 4.10. The van der Waals surface area contributed by atoms with E-state index in [1.165, 1.54) is 19.2 Å². The Balaban J connectivity index is 3.03. The van der Waals surface area contributed by atoms with Crippen LogP contribution in [0, 0.1) is 0 Å². The van der Waals surface area contributed by atoms with E-state index in [0.29, 0.717) is 5.75 Å². The van der Waals surface area contributed by atoms with Crippen molar-refractivity contribution in [3.05, 3.63) is 27.7 Å². The van der Waals surface area contributed by atoms with Gasteiger partial charge in [0.2, 0.25) is 0 Å². The van der Waals surface area contributed by atoms with Gasteiger partial charge >= 0.3 is 0 Å². The average Bonchev–Trinajstić information content (AvgIpc) is 2.36. The van der Waals surface area contributed by atoms with Gasteiger partial charge in [-0.3, -0.25) is 9.59 Å². The quantitative estimate of drug-likeness (QED) is 0.669. The Labute approximate surface area is 149 Å². The maximum absolute atomic E-state index is 12.2. The van der Waals surface area contributed by atoms with Gasteiger partial charge in [0.25, 0.3) is 5.91 Å². The molecule has 116 valence electrons. The number of nitrogens with one attached hydrogen (secondary N) is 1. The van der Waals surface area contributed by atoms with Crippen molar-refractivity contribution < 1.29 is 14.3 Å². The Morgan fingerprint density at radius 2 is 1.71 bits per heavy atom. The third-order valence-electron chi connectivity index (χ3n) is 2.70. The lowest BCUT2D eigenvalue weighted by Gasteiger charge is -2.25. The molecular formula is C13H13Br2Cl2NO3. The van der Waals surface area contributed by atoms with Gasteiger partial charge in [-0.15, -0.1) is 0 Å². The topological polar surface area (TPSA) is 55.4 Å². The lowest BCUT2D eigenvalue weighted by molar-refractivity contribution is -0.121. The van der Waals surface area contributed by atoms with Gasteiger partial charge in [-0.05, 0) is 26.0 Å². The molecule has 4 nitrogen and oxygen atoms in total. The summed E-state index contributed by atoms with van der Waals surface area (Å²) in [6.07, 6.45) is 0. The highest BCUT2D eigenvalue weighted by atomic mass is 79.9. The first-order valence-corrected chi connectivity index (χ1v) is 8.37. The third kappa shape index (κ3) is 4.58. The minimum absolute atomic E-state index is 0.221. The van der Waals surface area contributed by atoms with Gasteiger partial charge in [0.15, 0.2) is 11.5 Å². The molecule has 1 aromatic rings. The normalized spacial score (nSPS) is 11.4. The highest BCUT2D eigenvalue weighted by molar-refractivity contribution is 9.25. The van der Waals surface area contributed by atoms with Crippen molar-refractivity contribution in [1.29, 1.82) is 0 Å². The van der Waals surface area contributed by atoms with E-state index in [9.17, 15) is 9.59 Å². The molecule has 0 spiro atoms. The number of rotatable bonds is 5. The molecule has 0 saturated heterocycles. The number of halogens is 4. The molecular weight excluding hydrogens is 449 g/mol. The van der Waals surface area contributed by atoms with Gasteiger partial charge in [-0.1, -0.05) is 55.1 Å². The first-order chi connectivity index (χ1) is 9.60. The van der Waals surface area contributed by atoms with Gasteiger partial charge in [0.05, 0.1) is 22.7 Å². The van der Waals surface area contributed by atoms with Crippen molar-refractivity contribution in [3.8, 4) is 5.75 Å². The van der Waals surface area contributed by atoms with Crippen LogP contribution in [-0.2, 0) is 4.79 Å². The summed E-state index contributed by atoms with van der Waals surface area (Å²) in [5.74, 6) is -0.381. The Morgan fingerprint density at radius 1 is 1.24 bits per heavy atom. The monoisotopic (exact) mass is 459 g/mol. The summed E-state index contributed by atoms with van der Waals surface area (Å²) >= 11 is 18.2. The Kier molecular flexibility index (Phi) is 6.53. The van der Waals surface area contributed by atoms with E-state index >= 15 is 0 Å². The maximum Gasteiger partial charge on any atom is 0.252 e. The zero-order valence-corrected chi connectivity index (χ0v) is 16.2. The second kappa shape index (κ2) is 7.31. The van der Waals surface area contributed by atoms with Crippen LogP contribution in [0.15, 0.2) is 12.1 Å². The summed E-state index contributed by atoms with van der Waals surface area (Å²) in [6.45, 7) is 3.21. The fourth-order valence-corrected chi connectivity index (χ4v) is 3.36. The highest BCUT2D eigenvalue weighted by Crippen LogP contribution is 2.34. The number of amides is 1. The van der Waals surface area contributed by atoms with E-state index in [2.05, 4.69) is 37.2 Å². The summed E-state index contributed by atoms with van der Waals surface area (Å²) in [6, 6.07) is 2.86. The highest BCUT2D eigenvalue weighted by Gasteiger charge is 2.33. The largest absolute Gasteiger partial charge is 0.494 e. The number of ketones is 1. The standard InChI is InChI=1S/C13H13Br2Cl2NO3/c1-13(2,10(19)11(14)15)18-12(20)6-4-7(16)9(21-3)8(17)5-6/h4-5,11H,1-3H3,(H,18,20). The molecule has 1 aromatic carbocycles. The number of ether oxygens (including phenoxy) is 1. The summed E-state index contributed by atoms with van der Waals surface area (Å²) < 4.78 is 4.47. The molecule has 1 rings (SSSR count). The van der Waals surface area contributed by atoms with Crippen LogP contribution in [0.5, 0.6) is 5.75 Å². The van der Waals surface area contributed by atoms with Crippen molar-refractivity contribution in [1.82, 2.24) is 5.32 Å². The maximum atomic E-state index is 12.2. The fourth-order valence-electron chi connectivity index (χ4n) is 1.58. The van der Waals surface area contributed by atoms with Gasteiger partial charge in [-0.2, -0.15) is 0 Å². The SMILES string of the molecule is COc1c(Cl)cc(C(=O)NC(C)(C)C(=O)C(Br)Br)cc1Cl. The number of benzene rings is 1. The molecule has 0 saturated carbocycles. The molecule has 0 atom stereocenters. The Morgan fingerprint density at radius 3 is 2.10 bits per heavy atom. The van der Waals surface area contributed by atoms with Gasteiger partial charge < -0.3 is 10.1 Å². The summed E-state index contributed by atoms with van der Waals surface area (Å²) in [7, 11) is 1.43. The van der Waals surface area contributed by atoms with Crippen LogP contribution < -0.4 is 10.1 Å². The first kappa shape index (κ1) is 18.7. The van der Waals surface area contributed by atoms with Gasteiger partial charge in [0.1, 0.15) is 3.74 Å². The summed E-state index contributed by atoms with van der Waals surface area (Å²) in [4.78, 5) is 24.2. The van der Waals surface area contributed by atoms with Crippen molar-refractivity contribution >= 4 is 66.8 Å². The van der Waals surface area contributed by atoms with E-state index in [-0.39, 0.29) is 21.4 Å². The van der Waals surface area contributed by atoms with Gasteiger partial charge in [0, 0.05) is 5.56 Å². The molecule has 0 aromatic heterocycles. The summed E-state index contributed by atoms with van der Waals surface area (Å²) in [5, 5.41) is 3.08. The van der Waals surface area contributed by atoms with E-state index < -0.39 is 15.2 Å². The van der Waals surface area contributed by atoms with Crippen LogP contribution in [0.1, 0.15) is 24.2 Å². The fraction of sp³-hybridized carbons (Fsp3) is 0.385. The molecule has 1 N–H and O–H groups in total.